The van der Waals surface area contributed by atoms with E-state index in [1.165, 1.54) is 0 Å². The predicted molar refractivity (Wildman–Crippen MR) is 76.7 cm³/mol. The number of hydrogen-bond donors (Lipinski definition) is 1. The first kappa shape index (κ1) is 14.3. The molecule has 0 aromatic heterocycles. The maximum Gasteiger partial charge on any atom is 0.338 e. The first-order chi connectivity index (χ1) is 9.95. The second-order valence-corrected chi connectivity index (χ2v) is 6.57. The molecule has 3 atom stereocenters. The van der Waals surface area contributed by atoms with Crippen LogP contribution in [0.1, 0.15) is 43.0 Å². The summed E-state index contributed by atoms with van der Waals surface area (Å²) in [6.07, 6.45) is 2.08. The van der Waals surface area contributed by atoms with Gasteiger partial charge in [0.25, 0.3) is 0 Å². The van der Waals surface area contributed by atoms with Crippen molar-refractivity contribution in [2.45, 2.75) is 38.2 Å². The summed E-state index contributed by atoms with van der Waals surface area (Å²) in [7, 11) is 0. The molecule has 21 heavy (non-hydrogen) atoms. The molecule has 0 aliphatic heterocycles. The maximum atomic E-state index is 11.9. The van der Waals surface area contributed by atoms with Gasteiger partial charge in [0.05, 0.1) is 17.8 Å². The van der Waals surface area contributed by atoms with Crippen LogP contribution in [0.15, 0.2) is 30.3 Å². The highest BCUT2D eigenvalue weighted by molar-refractivity contribution is 5.89. The summed E-state index contributed by atoms with van der Waals surface area (Å²) in [6.45, 7) is 2.17. The van der Waals surface area contributed by atoms with Crippen molar-refractivity contribution in [3.05, 3.63) is 35.9 Å². The quantitative estimate of drug-likeness (QED) is 0.867. The molecule has 1 aromatic rings. The van der Waals surface area contributed by atoms with Crippen molar-refractivity contribution < 1.29 is 19.4 Å². The molecule has 0 radical (unpaired) electrons. The third-order valence-electron chi connectivity index (χ3n) is 5.21. The summed E-state index contributed by atoms with van der Waals surface area (Å²) < 4.78 is 5.33. The molecule has 2 saturated carbocycles. The zero-order chi connectivity index (χ0) is 15.1. The van der Waals surface area contributed by atoms with E-state index in [4.69, 9.17) is 4.74 Å². The molecule has 1 N–H and O–H groups in total. The van der Waals surface area contributed by atoms with Gasteiger partial charge >= 0.3 is 5.97 Å². The zero-order valence-corrected chi connectivity index (χ0v) is 12.2. The van der Waals surface area contributed by atoms with Gasteiger partial charge in [0, 0.05) is 24.2 Å². The number of carbonyl (C=O) groups is 2. The molecule has 2 fully saturated rings. The molecule has 2 aliphatic rings. The third kappa shape index (κ3) is 2.27. The summed E-state index contributed by atoms with van der Waals surface area (Å²) in [5.74, 6) is -0.204. The Balaban J connectivity index is 1.61. The number of ether oxygens (including phenoxy) is 1. The summed E-state index contributed by atoms with van der Waals surface area (Å²) in [5.41, 5.74) is -0.685. The van der Waals surface area contributed by atoms with Crippen molar-refractivity contribution in [1.82, 2.24) is 0 Å². The lowest BCUT2D eigenvalue weighted by Crippen LogP contribution is -2.66. The Kier molecular flexibility index (Phi) is 3.36. The number of fused-ring (bicyclic) bond motifs is 1. The molecule has 0 heterocycles. The number of rotatable bonds is 3. The van der Waals surface area contributed by atoms with Crippen LogP contribution in [0, 0.1) is 11.3 Å². The summed E-state index contributed by atoms with van der Waals surface area (Å²) >= 11 is 0. The molecule has 112 valence electrons. The van der Waals surface area contributed by atoms with Gasteiger partial charge in [-0.05, 0) is 25.0 Å². The van der Waals surface area contributed by atoms with Gasteiger partial charge in [-0.1, -0.05) is 25.1 Å². The molecule has 0 bridgehead atoms. The minimum Gasteiger partial charge on any atom is -0.462 e. The van der Waals surface area contributed by atoms with Crippen LogP contribution < -0.4 is 0 Å². The van der Waals surface area contributed by atoms with Crippen LogP contribution >= 0.6 is 0 Å². The maximum absolute atomic E-state index is 11.9. The molecule has 2 aliphatic carbocycles. The number of aliphatic hydroxyl groups is 1. The van der Waals surface area contributed by atoms with Crippen LogP contribution in [-0.2, 0) is 9.53 Å². The molecular formula is C17H20O4. The average molecular weight is 288 g/mol. The lowest BCUT2D eigenvalue weighted by atomic mass is 9.46. The predicted octanol–water partition coefficient (Wildman–Crippen LogP) is 2.35. The van der Waals surface area contributed by atoms with Gasteiger partial charge in [0.2, 0.25) is 0 Å². The molecular weight excluding hydrogens is 268 g/mol. The van der Waals surface area contributed by atoms with E-state index in [1.54, 1.807) is 24.3 Å². The molecule has 3 rings (SSSR count). The Morgan fingerprint density at radius 3 is 2.76 bits per heavy atom. The molecule has 0 amide bonds. The van der Waals surface area contributed by atoms with Crippen LogP contribution in [0.2, 0.25) is 0 Å². The molecule has 0 saturated heterocycles. The first-order valence-corrected chi connectivity index (χ1v) is 7.41. The molecule has 0 spiro atoms. The molecule has 0 unspecified atom stereocenters. The van der Waals surface area contributed by atoms with Gasteiger partial charge in [0.1, 0.15) is 5.78 Å². The normalized spacial score (nSPS) is 34.8. The Hall–Kier alpha value is -1.68. The minimum absolute atomic E-state index is 0.0664. The van der Waals surface area contributed by atoms with Crippen LogP contribution in [0.3, 0.4) is 0 Å². The number of ketones is 1. The van der Waals surface area contributed by atoms with Gasteiger partial charge in [-0.25, -0.2) is 4.79 Å². The van der Waals surface area contributed by atoms with Gasteiger partial charge in [-0.15, -0.1) is 0 Å². The van der Waals surface area contributed by atoms with Crippen molar-refractivity contribution in [1.29, 1.82) is 0 Å². The smallest absolute Gasteiger partial charge is 0.338 e. The van der Waals surface area contributed by atoms with E-state index < -0.39 is 5.60 Å². The van der Waals surface area contributed by atoms with Crippen LogP contribution in [-0.4, -0.2) is 29.1 Å². The van der Waals surface area contributed by atoms with E-state index in [9.17, 15) is 14.7 Å². The lowest BCUT2D eigenvalue weighted by molar-refractivity contribution is -0.234. The van der Waals surface area contributed by atoms with Crippen LogP contribution in [0.4, 0.5) is 0 Å². The molecule has 4 heteroatoms. The first-order valence-electron chi connectivity index (χ1n) is 7.41. The fourth-order valence-corrected chi connectivity index (χ4v) is 3.87. The van der Waals surface area contributed by atoms with Crippen molar-refractivity contribution in [3.63, 3.8) is 0 Å². The largest absolute Gasteiger partial charge is 0.462 e. The Labute approximate surface area is 124 Å². The monoisotopic (exact) mass is 288 g/mol. The van der Waals surface area contributed by atoms with Crippen LogP contribution in [0.5, 0.6) is 0 Å². The number of benzene rings is 1. The summed E-state index contributed by atoms with van der Waals surface area (Å²) in [4.78, 5) is 23.5. The van der Waals surface area contributed by atoms with Crippen molar-refractivity contribution in [2.24, 2.45) is 11.3 Å². The number of esters is 1. The standard InChI is InChI=1S/C17H20O4/c1-16-9-13(17(16,20)8-7-14(18)10-16)11-21-15(19)12-5-3-2-4-6-12/h2-6,13,20H,7-11H2,1H3/t13-,16+,17-/m0/s1. The Bertz CT molecular complexity index is 567. The highest BCUT2D eigenvalue weighted by Gasteiger charge is 2.64. The minimum atomic E-state index is -0.863. The third-order valence-corrected chi connectivity index (χ3v) is 5.21. The van der Waals surface area contributed by atoms with E-state index >= 15 is 0 Å². The highest BCUT2D eigenvalue weighted by atomic mass is 16.5. The Morgan fingerprint density at radius 1 is 1.38 bits per heavy atom. The topological polar surface area (TPSA) is 63.6 Å². The van der Waals surface area contributed by atoms with E-state index in [1.807, 2.05) is 13.0 Å². The summed E-state index contributed by atoms with van der Waals surface area (Å²) in [6, 6.07) is 8.84. The number of carbonyl (C=O) groups excluding carboxylic acids is 2. The fraction of sp³-hybridized carbons (Fsp3) is 0.529. The molecule has 4 nitrogen and oxygen atoms in total. The average Bonchev–Trinajstić information content (AvgIpc) is 2.48. The van der Waals surface area contributed by atoms with E-state index in [-0.39, 0.29) is 29.7 Å². The van der Waals surface area contributed by atoms with E-state index in [0.29, 0.717) is 24.8 Å². The number of Topliss-reactive ketones (excluding diaryl/α,β-unsaturated/α-hetero) is 1. The van der Waals surface area contributed by atoms with Gasteiger partial charge in [-0.2, -0.15) is 0 Å². The van der Waals surface area contributed by atoms with E-state index in [2.05, 4.69) is 0 Å². The molecule has 1 aromatic carbocycles. The Morgan fingerprint density at radius 2 is 2.10 bits per heavy atom. The van der Waals surface area contributed by atoms with Gasteiger partial charge < -0.3 is 9.84 Å². The van der Waals surface area contributed by atoms with Crippen LogP contribution in [0.25, 0.3) is 0 Å². The van der Waals surface area contributed by atoms with E-state index in [0.717, 1.165) is 6.42 Å². The highest BCUT2D eigenvalue weighted by Crippen LogP contribution is 2.60. The number of hydrogen-bond acceptors (Lipinski definition) is 4. The van der Waals surface area contributed by atoms with Gasteiger partial charge in [0.15, 0.2) is 0 Å². The fourth-order valence-electron chi connectivity index (χ4n) is 3.87. The van der Waals surface area contributed by atoms with Crippen molar-refractivity contribution in [3.8, 4) is 0 Å². The van der Waals surface area contributed by atoms with Gasteiger partial charge in [-0.3, -0.25) is 4.79 Å². The van der Waals surface area contributed by atoms with Crippen molar-refractivity contribution >= 4 is 11.8 Å². The summed E-state index contributed by atoms with van der Waals surface area (Å²) in [5, 5.41) is 10.8. The SMILES string of the molecule is C[C@@]12CC(=O)CC[C@]1(O)[C@H](COC(=O)c1ccccc1)C2. The second kappa shape index (κ2) is 4.95. The van der Waals surface area contributed by atoms with Crippen molar-refractivity contribution in [2.75, 3.05) is 6.61 Å². The lowest BCUT2D eigenvalue weighted by Gasteiger charge is -2.62. The zero-order valence-electron chi connectivity index (χ0n) is 12.2. The second-order valence-electron chi connectivity index (χ2n) is 6.57.